The largest absolute Gasteiger partial charge is 0.373 e. The van der Waals surface area contributed by atoms with E-state index in [1.54, 1.807) is 0 Å². The van der Waals surface area contributed by atoms with Crippen molar-refractivity contribution in [2.45, 2.75) is 40.5 Å². The van der Waals surface area contributed by atoms with Gasteiger partial charge in [-0.25, -0.2) is 0 Å². The summed E-state index contributed by atoms with van der Waals surface area (Å²) in [5, 5.41) is 3.05. The molecule has 27 heavy (non-hydrogen) atoms. The smallest absolute Gasteiger partial charge is 0.246 e. The van der Waals surface area contributed by atoms with E-state index in [1.165, 1.54) is 11.3 Å². The topological polar surface area (TPSA) is 35.6 Å². The Labute approximate surface area is 164 Å². The number of hydrogen-bond acceptors (Lipinski definition) is 3. The van der Waals surface area contributed by atoms with Gasteiger partial charge in [-0.15, -0.1) is 0 Å². The van der Waals surface area contributed by atoms with E-state index in [0.29, 0.717) is 0 Å². The molecule has 148 valence electrons. The highest BCUT2D eigenvalue weighted by Gasteiger charge is 2.16. The molecule has 1 aromatic carbocycles. The summed E-state index contributed by atoms with van der Waals surface area (Å²) in [7, 11) is 0. The second-order valence-electron chi connectivity index (χ2n) is 7.41. The predicted molar refractivity (Wildman–Crippen MR) is 115 cm³/mol. The van der Waals surface area contributed by atoms with E-state index in [1.807, 2.05) is 31.2 Å². The Hall–Kier alpha value is -2.07. The maximum absolute atomic E-state index is 12.3. The second-order valence-corrected chi connectivity index (χ2v) is 7.41. The molecule has 2 rings (SSSR count). The highest BCUT2D eigenvalue weighted by atomic mass is 16.1. The first-order chi connectivity index (χ1) is 13.0. The molecule has 4 heteroatoms. The molecule has 0 aliphatic carbocycles. The highest BCUT2D eigenvalue weighted by Crippen LogP contribution is 2.12. The summed E-state index contributed by atoms with van der Waals surface area (Å²) in [6.07, 6.45) is 6.31. The van der Waals surface area contributed by atoms with Crippen molar-refractivity contribution in [3.05, 3.63) is 52.7 Å². The number of unbranched alkanes of at least 4 members (excludes halogenated alkanes) is 1. The second kappa shape index (κ2) is 10.9. The third-order valence-electron chi connectivity index (χ3n) is 5.39. The van der Waals surface area contributed by atoms with Crippen molar-refractivity contribution in [2.24, 2.45) is 0 Å². The maximum Gasteiger partial charge on any atom is 0.246 e. The Kier molecular flexibility index (Phi) is 8.59. The van der Waals surface area contributed by atoms with Gasteiger partial charge < -0.3 is 10.2 Å². The standard InChI is InChI=1S/C23H35N3O/c1-5-21(4)26-16-14-25(15-17-26)13-9-8-12-24-23(27)20(3)18-22-11-7-6-10-19(22)2/h5-7,10-11,18H,8-9,12-17H2,1-4H3,(H,24,27)/b20-18+,21-5+. The van der Waals surface area contributed by atoms with Gasteiger partial charge in [-0.3, -0.25) is 9.69 Å². The summed E-state index contributed by atoms with van der Waals surface area (Å²) in [4.78, 5) is 17.2. The van der Waals surface area contributed by atoms with Gasteiger partial charge in [-0.1, -0.05) is 30.3 Å². The normalized spacial score (nSPS) is 16.5. The number of hydrogen-bond donors (Lipinski definition) is 1. The molecule has 0 atom stereocenters. The van der Waals surface area contributed by atoms with Crippen molar-refractivity contribution in [1.29, 1.82) is 0 Å². The molecule has 1 amide bonds. The van der Waals surface area contributed by atoms with E-state index in [4.69, 9.17) is 0 Å². The van der Waals surface area contributed by atoms with Crippen LogP contribution in [0.4, 0.5) is 0 Å². The van der Waals surface area contributed by atoms with E-state index in [9.17, 15) is 4.79 Å². The van der Waals surface area contributed by atoms with Crippen LogP contribution < -0.4 is 5.32 Å². The molecule has 1 aliphatic heterocycles. The van der Waals surface area contributed by atoms with Crippen LogP contribution in [0.2, 0.25) is 0 Å². The molecule has 0 unspecified atom stereocenters. The molecule has 1 N–H and O–H groups in total. The van der Waals surface area contributed by atoms with Gasteiger partial charge in [0.25, 0.3) is 0 Å². The monoisotopic (exact) mass is 369 g/mol. The molecular weight excluding hydrogens is 334 g/mol. The van der Waals surface area contributed by atoms with E-state index in [-0.39, 0.29) is 5.91 Å². The van der Waals surface area contributed by atoms with Crippen LogP contribution in [0.25, 0.3) is 6.08 Å². The van der Waals surface area contributed by atoms with Crippen LogP contribution in [0.1, 0.15) is 44.7 Å². The Morgan fingerprint density at radius 1 is 1.11 bits per heavy atom. The van der Waals surface area contributed by atoms with Crippen molar-refractivity contribution >= 4 is 12.0 Å². The van der Waals surface area contributed by atoms with Crippen molar-refractivity contribution in [3.8, 4) is 0 Å². The van der Waals surface area contributed by atoms with Crippen LogP contribution in [0.3, 0.4) is 0 Å². The lowest BCUT2D eigenvalue weighted by Gasteiger charge is -2.36. The van der Waals surface area contributed by atoms with Gasteiger partial charge in [0, 0.05) is 44.0 Å². The van der Waals surface area contributed by atoms with Crippen LogP contribution in [0, 0.1) is 6.92 Å². The number of rotatable bonds is 8. The Morgan fingerprint density at radius 3 is 2.48 bits per heavy atom. The fourth-order valence-electron chi connectivity index (χ4n) is 3.36. The summed E-state index contributed by atoms with van der Waals surface area (Å²) in [6.45, 7) is 14.6. The number of nitrogens with zero attached hydrogens (tertiary/aromatic N) is 2. The molecule has 1 heterocycles. The average molecular weight is 370 g/mol. The summed E-state index contributed by atoms with van der Waals surface area (Å²) < 4.78 is 0. The van der Waals surface area contributed by atoms with Crippen LogP contribution >= 0.6 is 0 Å². The fourth-order valence-corrected chi connectivity index (χ4v) is 3.36. The van der Waals surface area contributed by atoms with Gasteiger partial charge in [-0.05, 0) is 64.3 Å². The summed E-state index contributed by atoms with van der Waals surface area (Å²) in [5.41, 5.74) is 4.44. The van der Waals surface area contributed by atoms with Crippen molar-refractivity contribution in [1.82, 2.24) is 15.1 Å². The minimum absolute atomic E-state index is 0.0358. The highest BCUT2D eigenvalue weighted by molar-refractivity contribution is 5.97. The number of benzene rings is 1. The zero-order chi connectivity index (χ0) is 19.6. The van der Waals surface area contributed by atoms with Crippen molar-refractivity contribution in [2.75, 3.05) is 39.3 Å². The van der Waals surface area contributed by atoms with Gasteiger partial charge in [0.15, 0.2) is 0 Å². The van der Waals surface area contributed by atoms with Crippen LogP contribution in [-0.4, -0.2) is 55.0 Å². The zero-order valence-corrected chi connectivity index (χ0v) is 17.4. The molecule has 0 saturated carbocycles. The lowest BCUT2D eigenvalue weighted by molar-refractivity contribution is -0.117. The molecule has 1 saturated heterocycles. The molecule has 0 bridgehead atoms. The summed E-state index contributed by atoms with van der Waals surface area (Å²) in [5.74, 6) is 0.0358. The van der Waals surface area contributed by atoms with Gasteiger partial charge in [-0.2, -0.15) is 0 Å². The Morgan fingerprint density at radius 2 is 1.81 bits per heavy atom. The molecule has 0 radical (unpaired) electrons. The van der Waals surface area contributed by atoms with Gasteiger partial charge in [0.05, 0.1) is 0 Å². The minimum atomic E-state index is 0.0358. The first kappa shape index (κ1) is 21.2. The lowest BCUT2D eigenvalue weighted by atomic mass is 10.1. The number of aryl methyl sites for hydroxylation is 1. The van der Waals surface area contributed by atoms with Crippen LogP contribution in [0.15, 0.2) is 41.6 Å². The average Bonchev–Trinajstić information content (AvgIpc) is 2.69. The van der Waals surface area contributed by atoms with E-state index in [2.05, 4.69) is 48.0 Å². The zero-order valence-electron chi connectivity index (χ0n) is 17.4. The Bertz CT molecular complexity index is 670. The number of carbonyl (C=O) groups is 1. The fraction of sp³-hybridized carbons (Fsp3) is 0.522. The first-order valence-corrected chi connectivity index (χ1v) is 10.1. The SMILES string of the molecule is C/C=C(\C)N1CCN(CCCCNC(=O)/C(C)=C/c2ccccc2C)CC1. The van der Waals surface area contributed by atoms with Gasteiger partial charge in [0.1, 0.15) is 0 Å². The summed E-state index contributed by atoms with van der Waals surface area (Å²) >= 11 is 0. The number of nitrogens with one attached hydrogen (secondary N) is 1. The Balaban J connectivity index is 1.63. The van der Waals surface area contributed by atoms with Crippen molar-refractivity contribution in [3.63, 3.8) is 0 Å². The van der Waals surface area contributed by atoms with Crippen LogP contribution in [-0.2, 0) is 4.79 Å². The van der Waals surface area contributed by atoms with Gasteiger partial charge in [0.2, 0.25) is 5.91 Å². The third-order valence-corrected chi connectivity index (χ3v) is 5.39. The number of allylic oxidation sites excluding steroid dienone is 2. The molecule has 1 fully saturated rings. The predicted octanol–water partition coefficient (Wildman–Crippen LogP) is 3.84. The van der Waals surface area contributed by atoms with E-state index < -0.39 is 0 Å². The molecular formula is C23H35N3O. The maximum atomic E-state index is 12.3. The lowest BCUT2D eigenvalue weighted by Crippen LogP contribution is -2.45. The van der Waals surface area contributed by atoms with Crippen molar-refractivity contribution < 1.29 is 4.79 Å². The quantitative estimate of drug-likeness (QED) is 0.559. The third kappa shape index (κ3) is 6.87. The minimum Gasteiger partial charge on any atom is -0.373 e. The van der Waals surface area contributed by atoms with E-state index in [0.717, 1.165) is 63.2 Å². The molecule has 0 spiro atoms. The molecule has 4 nitrogen and oxygen atoms in total. The first-order valence-electron chi connectivity index (χ1n) is 10.1. The van der Waals surface area contributed by atoms with Gasteiger partial charge >= 0.3 is 0 Å². The molecule has 1 aromatic rings. The number of piperazine rings is 1. The van der Waals surface area contributed by atoms with E-state index >= 15 is 0 Å². The van der Waals surface area contributed by atoms with Crippen LogP contribution in [0.5, 0.6) is 0 Å². The molecule has 1 aliphatic rings. The number of carbonyl (C=O) groups excluding carboxylic acids is 1. The summed E-state index contributed by atoms with van der Waals surface area (Å²) in [6, 6.07) is 8.13. The number of amides is 1. The molecule has 0 aromatic heterocycles.